The molecule has 30 heavy (non-hydrogen) atoms. The minimum Gasteiger partial charge on any atom is -0.423 e. The van der Waals surface area contributed by atoms with Crippen molar-refractivity contribution in [2.24, 2.45) is 0 Å². The normalized spacial score (nSPS) is 27.3. The topological polar surface area (TPSA) is 106 Å². The summed E-state index contributed by atoms with van der Waals surface area (Å²) in [7, 11) is -3.32. The van der Waals surface area contributed by atoms with E-state index in [1.165, 1.54) is 10.6 Å². The third-order valence-electron chi connectivity index (χ3n) is 6.49. The number of carbonyl (C=O) groups excluding carboxylic acids is 1. The van der Waals surface area contributed by atoms with Crippen molar-refractivity contribution >= 4 is 15.9 Å². The lowest BCUT2D eigenvalue weighted by Gasteiger charge is -2.32. The Bertz CT molecular complexity index is 828. The highest BCUT2D eigenvalue weighted by atomic mass is 32.2. The van der Waals surface area contributed by atoms with E-state index in [2.05, 4.69) is 10.2 Å². The van der Waals surface area contributed by atoms with Gasteiger partial charge in [-0.3, -0.25) is 4.79 Å². The maximum Gasteiger partial charge on any atom is 0.234 e. The van der Waals surface area contributed by atoms with E-state index in [4.69, 9.17) is 9.15 Å². The zero-order chi connectivity index (χ0) is 21.1. The quantitative estimate of drug-likeness (QED) is 0.691. The molecule has 0 saturated carbocycles. The Morgan fingerprint density at radius 1 is 1.00 bits per heavy atom. The second-order valence-corrected chi connectivity index (χ2v) is 10.6. The van der Waals surface area contributed by atoms with Crippen LogP contribution in [-0.4, -0.2) is 72.3 Å². The zero-order valence-corrected chi connectivity index (χ0v) is 18.5. The second-order valence-electron chi connectivity index (χ2n) is 8.71. The molecule has 0 radical (unpaired) electrons. The van der Waals surface area contributed by atoms with Crippen molar-refractivity contribution in [3.8, 4) is 0 Å². The number of amides is 1. The summed E-state index contributed by atoms with van der Waals surface area (Å²) in [5.41, 5.74) is 0. The van der Waals surface area contributed by atoms with Crippen molar-refractivity contribution in [3.63, 3.8) is 0 Å². The van der Waals surface area contributed by atoms with Crippen LogP contribution in [0.4, 0.5) is 0 Å². The molecule has 0 aliphatic carbocycles. The lowest BCUT2D eigenvalue weighted by atomic mass is 9.96. The first-order valence-electron chi connectivity index (χ1n) is 11.1. The summed E-state index contributed by atoms with van der Waals surface area (Å²) in [6, 6.07) is -0.368. The Balaban J connectivity index is 1.33. The van der Waals surface area contributed by atoms with Gasteiger partial charge in [-0.1, -0.05) is 6.42 Å². The van der Waals surface area contributed by atoms with E-state index < -0.39 is 10.0 Å². The highest BCUT2D eigenvalue weighted by Crippen LogP contribution is 2.34. The molecule has 0 bridgehead atoms. The van der Waals surface area contributed by atoms with Gasteiger partial charge in [-0.25, -0.2) is 8.42 Å². The van der Waals surface area contributed by atoms with Crippen LogP contribution < -0.4 is 0 Å². The summed E-state index contributed by atoms with van der Waals surface area (Å²) < 4.78 is 37.3. The Kier molecular flexibility index (Phi) is 6.74. The molecule has 2 atom stereocenters. The first-order chi connectivity index (χ1) is 14.4. The van der Waals surface area contributed by atoms with E-state index in [-0.39, 0.29) is 24.0 Å². The lowest BCUT2D eigenvalue weighted by Crippen LogP contribution is -2.40. The van der Waals surface area contributed by atoms with Crippen LogP contribution in [0, 0.1) is 0 Å². The molecule has 4 rings (SSSR count). The summed E-state index contributed by atoms with van der Waals surface area (Å²) in [5.74, 6) is 1.23. The summed E-state index contributed by atoms with van der Waals surface area (Å²) in [6.45, 7) is 2.60. The SMILES string of the molecule is CS(=O)(=O)N1CCCC[C@H]1c1nnc(C2CCN(C(=O)C[C@@H]3CCCCO3)CC2)o1. The minimum absolute atomic E-state index is 0.0655. The molecule has 4 heterocycles. The molecule has 168 valence electrons. The number of hydrogen-bond acceptors (Lipinski definition) is 7. The van der Waals surface area contributed by atoms with Gasteiger partial charge in [0, 0.05) is 32.2 Å². The molecule has 1 amide bonds. The third kappa shape index (κ3) is 5.03. The monoisotopic (exact) mass is 440 g/mol. The first kappa shape index (κ1) is 21.7. The van der Waals surface area contributed by atoms with Gasteiger partial charge in [-0.05, 0) is 44.9 Å². The van der Waals surface area contributed by atoms with Gasteiger partial charge in [-0.15, -0.1) is 10.2 Å². The summed E-state index contributed by atoms with van der Waals surface area (Å²) in [6.07, 6.45) is 9.01. The van der Waals surface area contributed by atoms with Crippen LogP contribution >= 0.6 is 0 Å². The number of ether oxygens (including phenoxy) is 1. The third-order valence-corrected chi connectivity index (χ3v) is 7.78. The largest absolute Gasteiger partial charge is 0.423 e. The first-order valence-corrected chi connectivity index (χ1v) is 13.0. The molecule has 3 aliphatic heterocycles. The zero-order valence-electron chi connectivity index (χ0n) is 17.7. The summed E-state index contributed by atoms with van der Waals surface area (Å²) in [4.78, 5) is 14.5. The molecule has 0 unspecified atom stereocenters. The Morgan fingerprint density at radius 3 is 2.43 bits per heavy atom. The van der Waals surface area contributed by atoms with Crippen molar-refractivity contribution < 1.29 is 22.4 Å². The Labute approximate surface area is 178 Å². The number of piperidine rings is 2. The number of aromatic nitrogens is 2. The van der Waals surface area contributed by atoms with Crippen molar-refractivity contribution in [1.82, 2.24) is 19.4 Å². The molecule has 3 fully saturated rings. The molecule has 9 nitrogen and oxygen atoms in total. The molecule has 0 N–H and O–H groups in total. The Hall–Kier alpha value is -1.52. The average molecular weight is 441 g/mol. The number of nitrogens with zero attached hydrogens (tertiary/aromatic N) is 4. The number of hydrogen-bond donors (Lipinski definition) is 0. The van der Waals surface area contributed by atoms with Crippen molar-refractivity contribution in [1.29, 1.82) is 0 Å². The minimum atomic E-state index is -3.32. The van der Waals surface area contributed by atoms with Gasteiger partial charge in [-0.2, -0.15) is 4.31 Å². The molecular weight excluding hydrogens is 408 g/mol. The van der Waals surface area contributed by atoms with E-state index in [9.17, 15) is 13.2 Å². The molecule has 1 aromatic heterocycles. The van der Waals surface area contributed by atoms with Crippen LogP contribution in [0.5, 0.6) is 0 Å². The van der Waals surface area contributed by atoms with E-state index in [1.807, 2.05) is 4.90 Å². The summed E-state index contributed by atoms with van der Waals surface area (Å²) in [5, 5.41) is 8.42. The van der Waals surface area contributed by atoms with Gasteiger partial charge in [0.25, 0.3) is 0 Å². The van der Waals surface area contributed by atoms with Crippen LogP contribution in [-0.2, 0) is 19.6 Å². The Morgan fingerprint density at radius 2 is 1.73 bits per heavy atom. The molecule has 0 aromatic carbocycles. The molecular formula is C20H32N4O5S. The van der Waals surface area contributed by atoms with Gasteiger partial charge in [0.2, 0.25) is 27.7 Å². The van der Waals surface area contributed by atoms with Gasteiger partial charge in [0.1, 0.15) is 6.04 Å². The maximum absolute atomic E-state index is 12.6. The molecule has 10 heteroatoms. The maximum atomic E-state index is 12.6. The standard InChI is InChI=1S/C20H32N4O5S/c1-30(26,27)24-10-4-2-7-17(24)20-22-21-19(29-20)15-8-11-23(12-9-15)18(25)14-16-6-3-5-13-28-16/h15-17H,2-14H2,1H3/t16-,17-/m0/s1. The van der Waals surface area contributed by atoms with Crippen LogP contribution in [0.2, 0.25) is 0 Å². The predicted octanol–water partition coefficient (Wildman–Crippen LogP) is 2.22. The van der Waals surface area contributed by atoms with Crippen molar-refractivity contribution in [2.45, 2.75) is 75.9 Å². The van der Waals surface area contributed by atoms with Gasteiger partial charge < -0.3 is 14.1 Å². The highest BCUT2D eigenvalue weighted by Gasteiger charge is 2.35. The van der Waals surface area contributed by atoms with E-state index in [1.54, 1.807) is 0 Å². The summed E-state index contributed by atoms with van der Waals surface area (Å²) >= 11 is 0. The fourth-order valence-electron chi connectivity index (χ4n) is 4.76. The van der Waals surface area contributed by atoms with Crippen LogP contribution in [0.1, 0.15) is 81.5 Å². The smallest absolute Gasteiger partial charge is 0.234 e. The number of carbonyl (C=O) groups is 1. The highest BCUT2D eigenvalue weighted by molar-refractivity contribution is 7.88. The van der Waals surface area contributed by atoms with Crippen molar-refractivity contribution in [3.05, 3.63) is 11.8 Å². The molecule has 0 spiro atoms. The molecule has 3 aliphatic rings. The van der Waals surface area contributed by atoms with Crippen molar-refractivity contribution in [2.75, 3.05) is 32.5 Å². The van der Waals surface area contributed by atoms with Crippen LogP contribution in [0.3, 0.4) is 0 Å². The van der Waals surface area contributed by atoms with Crippen LogP contribution in [0.15, 0.2) is 4.42 Å². The number of sulfonamides is 1. The fourth-order valence-corrected chi connectivity index (χ4v) is 5.88. The van der Waals surface area contributed by atoms with Gasteiger partial charge in [0.15, 0.2) is 0 Å². The average Bonchev–Trinajstić information content (AvgIpc) is 3.24. The molecule has 3 saturated heterocycles. The lowest BCUT2D eigenvalue weighted by molar-refractivity contribution is -0.136. The number of rotatable bonds is 5. The predicted molar refractivity (Wildman–Crippen MR) is 109 cm³/mol. The fraction of sp³-hybridized carbons (Fsp3) is 0.850. The van der Waals surface area contributed by atoms with Crippen LogP contribution in [0.25, 0.3) is 0 Å². The van der Waals surface area contributed by atoms with Gasteiger partial charge in [0.05, 0.1) is 18.8 Å². The van der Waals surface area contributed by atoms with E-state index in [0.29, 0.717) is 44.3 Å². The number of likely N-dealkylation sites (tertiary alicyclic amines) is 1. The molecule has 1 aromatic rings. The van der Waals surface area contributed by atoms with E-state index >= 15 is 0 Å². The van der Waals surface area contributed by atoms with E-state index in [0.717, 1.165) is 51.6 Å². The van der Waals surface area contributed by atoms with Gasteiger partial charge >= 0.3 is 0 Å². The second kappa shape index (κ2) is 9.32.